The highest BCUT2D eigenvalue weighted by atomic mass is 16.2. The summed E-state index contributed by atoms with van der Waals surface area (Å²) < 4.78 is 0. The normalized spacial score (nSPS) is 30.0. The molecule has 0 bridgehead atoms. The number of nitrogens with one attached hydrogen (secondary N) is 3. The quantitative estimate of drug-likeness (QED) is 0.712. The molecule has 1 saturated heterocycles. The lowest BCUT2D eigenvalue weighted by Crippen LogP contribution is -2.58. The number of benzene rings is 1. The average molecular weight is 413 g/mol. The van der Waals surface area contributed by atoms with Crippen LogP contribution in [0.15, 0.2) is 24.3 Å². The number of hydrogen-bond acceptors (Lipinski definition) is 4. The molecule has 3 amide bonds. The molecule has 2 fully saturated rings. The van der Waals surface area contributed by atoms with Crippen molar-refractivity contribution in [3.63, 3.8) is 0 Å². The summed E-state index contributed by atoms with van der Waals surface area (Å²) in [5.41, 5.74) is 0.744. The smallest absolute Gasteiger partial charge is 0.255 e. The number of carbonyl (C=O) groups is 3. The number of carbonyl (C=O) groups excluding carboxylic acids is 3. The zero-order chi connectivity index (χ0) is 21.3. The molecular formula is C23H32N4O3. The molecule has 4 atom stereocenters. The van der Waals surface area contributed by atoms with Crippen molar-refractivity contribution in [1.29, 1.82) is 0 Å². The Labute approximate surface area is 178 Å². The Kier molecular flexibility index (Phi) is 5.71. The third-order valence-corrected chi connectivity index (χ3v) is 7.05. The van der Waals surface area contributed by atoms with Crippen molar-refractivity contribution in [3.05, 3.63) is 29.8 Å². The number of hydrogen-bond donors (Lipinski definition) is 3. The van der Waals surface area contributed by atoms with Crippen LogP contribution in [-0.2, 0) is 9.59 Å². The van der Waals surface area contributed by atoms with E-state index in [2.05, 4.69) is 22.9 Å². The van der Waals surface area contributed by atoms with Gasteiger partial charge in [-0.15, -0.1) is 0 Å². The Bertz CT molecular complexity index is 841. The Morgan fingerprint density at radius 2 is 1.93 bits per heavy atom. The molecule has 4 rings (SSSR count). The Morgan fingerprint density at radius 1 is 1.17 bits per heavy atom. The van der Waals surface area contributed by atoms with Crippen LogP contribution >= 0.6 is 0 Å². The average Bonchev–Trinajstić information content (AvgIpc) is 2.88. The van der Waals surface area contributed by atoms with Gasteiger partial charge in [0.15, 0.2) is 0 Å². The first kappa shape index (κ1) is 20.7. The van der Waals surface area contributed by atoms with E-state index in [-0.39, 0.29) is 30.2 Å². The van der Waals surface area contributed by atoms with Crippen LogP contribution in [0.1, 0.15) is 69.2 Å². The van der Waals surface area contributed by atoms with E-state index < -0.39 is 11.7 Å². The fourth-order valence-electron chi connectivity index (χ4n) is 5.02. The SMILES string of the molecule is CC1CCCCC1NC(=O)C(C)N1CCC2(CCC1=O)NC(=O)c1ccccc1N2. The van der Waals surface area contributed by atoms with Crippen LogP contribution < -0.4 is 16.0 Å². The summed E-state index contributed by atoms with van der Waals surface area (Å²) in [6.07, 6.45) is 5.84. The molecule has 7 nitrogen and oxygen atoms in total. The van der Waals surface area contributed by atoms with Crippen molar-refractivity contribution >= 4 is 23.4 Å². The molecule has 2 aliphatic heterocycles. The molecule has 0 aromatic heterocycles. The summed E-state index contributed by atoms with van der Waals surface area (Å²) in [5.74, 6) is 0.229. The van der Waals surface area contributed by atoms with Gasteiger partial charge in [0.2, 0.25) is 11.8 Å². The lowest BCUT2D eigenvalue weighted by atomic mass is 9.86. The van der Waals surface area contributed by atoms with Gasteiger partial charge in [0.1, 0.15) is 11.7 Å². The Hall–Kier alpha value is -2.57. The second-order valence-electron chi connectivity index (χ2n) is 9.10. The van der Waals surface area contributed by atoms with E-state index in [9.17, 15) is 14.4 Å². The highest BCUT2D eigenvalue weighted by Gasteiger charge is 2.42. The second kappa shape index (κ2) is 8.28. The van der Waals surface area contributed by atoms with Gasteiger partial charge in [-0.3, -0.25) is 14.4 Å². The molecular weight excluding hydrogens is 380 g/mol. The van der Waals surface area contributed by atoms with E-state index in [1.54, 1.807) is 17.9 Å². The van der Waals surface area contributed by atoms with Crippen LogP contribution in [0.5, 0.6) is 0 Å². The lowest BCUT2D eigenvalue weighted by molar-refractivity contribution is -0.140. The zero-order valence-electron chi connectivity index (χ0n) is 17.9. The summed E-state index contributed by atoms with van der Waals surface area (Å²) in [7, 11) is 0. The maximum absolute atomic E-state index is 12.9. The molecule has 162 valence electrons. The first-order valence-corrected chi connectivity index (χ1v) is 11.2. The van der Waals surface area contributed by atoms with Crippen molar-refractivity contribution in [2.45, 2.75) is 76.5 Å². The van der Waals surface area contributed by atoms with Gasteiger partial charge in [0.25, 0.3) is 5.91 Å². The topological polar surface area (TPSA) is 90.5 Å². The minimum atomic E-state index is -0.663. The molecule has 1 aromatic rings. The van der Waals surface area contributed by atoms with Crippen LogP contribution in [0.25, 0.3) is 0 Å². The van der Waals surface area contributed by atoms with Crippen molar-refractivity contribution < 1.29 is 14.4 Å². The van der Waals surface area contributed by atoms with E-state index in [0.29, 0.717) is 30.9 Å². The third kappa shape index (κ3) is 4.02. The predicted molar refractivity (Wildman–Crippen MR) is 115 cm³/mol. The molecule has 2 heterocycles. The zero-order valence-corrected chi connectivity index (χ0v) is 17.9. The first-order chi connectivity index (χ1) is 14.4. The van der Waals surface area contributed by atoms with Gasteiger partial charge < -0.3 is 20.9 Å². The number of rotatable bonds is 3. The van der Waals surface area contributed by atoms with Crippen LogP contribution in [0, 0.1) is 5.92 Å². The molecule has 1 aliphatic carbocycles. The van der Waals surface area contributed by atoms with Gasteiger partial charge in [0.05, 0.1) is 5.56 Å². The van der Waals surface area contributed by atoms with Crippen LogP contribution in [-0.4, -0.2) is 46.9 Å². The van der Waals surface area contributed by atoms with E-state index in [0.717, 1.165) is 24.9 Å². The number of para-hydroxylation sites is 1. The Morgan fingerprint density at radius 3 is 2.73 bits per heavy atom. The minimum Gasteiger partial charge on any atom is -0.362 e. The fraction of sp³-hybridized carbons (Fsp3) is 0.609. The molecule has 1 aromatic carbocycles. The minimum absolute atomic E-state index is 0.0406. The monoisotopic (exact) mass is 412 g/mol. The molecule has 7 heteroatoms. The van der Waals surface area contributed by atoms with Crippen LogP contribution in [0.3, 0.4) is 0 Å². The molecule has 1 spiro atoms. The third-order valence-electron chi connectivity index (χ3n) is 7.05. The van der Waals surface area contributed by atoms with E-state index >= 15 is 0 Å². The van der Waals surface area contributed by atoms with Gasteiger partial charge in [-0.1, -0.05) is 31.9 Å². The van der Waals surface area contributed by atoms with E-state index in [1.165, 1.54) is 6.42 Å². The van der Waals surface area contributed by atoms with Gasteiger partial charge in [-0.05, 0) is 44.2 Å². The maximum Gasteiger partial charge on any atom is 0.255 e. The standard InChI is InChI=1S/C23H32N4O3/c1-15-7-3-5-9-18(15)24-21(29)16(2)27-14-13-23(12-11-20(27)28)25-19-10-6-4-8-17(19)22(30)26-23/h4,6,8,10,15-16,18,25H,3,5,7,9,11-14H2,1-2H3,(H,24,29)(H,26,30). The second-order valence-corrected chi connectivity index (χ2v) is 9.10. The predicted octanol–water partition coefficient (Wildman–Crippen LogP) is 2.63. The summed E-state index contributed by atoms with van der Waals surface area (Å²) in [5, 5.41) is 9.71. The number of likely N-dealkylation sites (tertiary alicyclic amines) is 1. The van der Waals surface area contributed by atoms with Crippen molar-refractivity contribution in [2.75, 3.05) is 11.9 Å². The molecule has 3 aliphatic rings. The number of fused-ring (bicyclic) bond motifs is 1. The molecule has 0 radical (unpaired) electrons. The number of amides is 3. The highest BCUT2D eigenvalue weighted by Crippen LogP contribution is 2.32. The summed E-state index contributed by atoms with van der Waals surface area (Å²) in [6.45, 7) is 4.41. The highest BCUT2D eigenvalue weighted by molar-refractivity contribution is 6.02. The number of anilines is 1. The molecule has 1 saturated carbocycles. The summed E-state index contributed by atoms with van der Waals surface area (Å²) in [6, 6.07) is 7.08. The van der Waals surface area contributed by atoms with Gasteiger partial charge in [-0.2, -0.15) is 0 Å². The largest absolute Gasteiger partial charge is 0.362 e. The van der Waals surface area contributed by atoms with Crippen molar-refractivity contribution in [2.24, 2.45) is 5.92 Å². The van der Waals surface area contributed by atoms with E-state index in [1.807, 2.05) is 18.2 Å². The lowest BCUT2D eigenvalue weighted by Gasteiger charge is -2.40. The van der Waals surface area contributed by atoms with Gasteiger partial charge in [0, 0.05) is 31.1 Å². The molecule has 3 N–H and O–H groups in total. The van der Waals surface area contributed by atoms with Crippen molar-refractivity contribution in [1.82, 2.24) is 15.5 Å². The Balaban J connectivity index is 1.44. The summed E-state index contributed by atoms with van der Waals surface area (Å²) >= 11 is 0. The van der Waals surface area contributed by atoms with E-state index in [4.69, 9.17) is 0 Å². The van der Waals surface area contributed by atoms with Gasteiger partial charge >= 0.3 is 0 Å². The molecule has 30 heavy (non-hydrogen) atoms. The van der Waals surface area contributed by atoms with Gasteiger partial charge in [-0.25, -0.2) is 0 Å². The summed E-state index contributed by atoms with van der Waals surface area (Å²) in [4.78, 5) is 40.1. The van der Waals surface area contributed by atoms with Crippen LogP contribution in [0.2, 0.25) is 0 Å². The fourth-order valence-corrected chi connectivity index (χ4v) is 5.02. The molecule has 4 unspecified atom stereocenters. The number of nitrogens with zero attached hydrogens (tertiary/aromatic N) is 1. The van der Waals surface area contributed by atoms with Crippen molar-refractivity contribution in [3.8, 4) is 0 Å². The van der Waals surface area contributed by atoms with Crippen LogP contribution in [0.4, 0.5) is 5.69 Å². The maximum atomic E-state index is 12.9. The first-order valence-electron chi connectivity index (χ1n) is 11.2.